The molecule has 0 aromatic heterocycles. The van der Waals surface area contributed by atoms with Gasteiger partial charge in [0.05, 0.1) is 5.92 Å². The van der Waals surface area contributed by atoms with Crippen molar-refractivity contribution < 1.29 is 18.0 Å². The van der Waals surface area contributed by atoms with Gasteiger partial charge in [-0.05, 0) is 43.5 Å². The monoisotopic (exact) mass is 285 g/mol. The van der Waals surface area contributed by atoms with E-state index in [0.717, 1.165) is 18.1 Å². The summed E-state index contributed by atoms with van der Waals surface area (Å²) in [6.45, 7) is 4.97. The maximum atomic E-state index is 12.9. The molecule has 2 atom stereocenters. The maximum absolute atomic E-state index is 12.9. The van der Waals surface area contributed by atoms with Gasteiger partial charge >= 0.3 is 6.18 Å². The molecule has 0 bridgehead atoms. The summed E-state index contributed by atoms with van der Waals surface area (Å²) in [5.74, 6) is -1.75. The molecule has 0 spiro atoms. The molecule has 1 aromatic rings. The fourth-order valence-electron chi connectivity index (χ4n) is 2.61. The minimum absolute atomic E-state index is 0.179. The summed E-state index contributed by atoms with van der Waals surface area (Å²) in [5.41, 5.74) is 2.60. The number of nitrogens with zero attached hydrogens (tertiary/aromatic N) is 1. The Morgan fingerprint density at radius 3 is 2.45 bits per heavy atom. The van der Waals surface area contributed by atoms with E-state index in [0.29, 0.717) is 5.69 Å². The van der Waals surface area contributed by atoms with Crippen LogP contribution in [0.4, 0.5) is 18.9 Å². The fraction of sp³-hybridized carbons (Fsp3) is 0.533. The van der Waals surface area contributed by atoms with Crippen molar-refractivity contribution in [2.24, 2.45) is 5.92 Å². The van der Waals surface area contributed by atoms with Crippen molar-refractivity contribution in [3.05, 3.63) is 29.3 Å². The van der Waals surface area contributed by atoms with Gasteiger partial charge < -0.3 is 4.90 Å². The van der Waals surface area contributed by atoms with Crippen molar-refractivity contribution >= 4 is 11.6 Å². The van der Waals surface area contributed by atoms with E-state index in [4.69, 9.17) is 0 Å². The van der Waals surface area contributed by atoms with Crippen LogP contribution in [0.1, 0.15) is 30.9 Å². The number of hydrogen-bond acceptors (Lipinski definition) is 1. The summed E-state index contributed by atoms with van der Waals surface area (Å²) in [6.07, 6.45) is -3.85. The average molecular weight is 285 g/mol. The minimum Gasteiger partial charge on any atom is -0.309 e. The van der Waals surface area contributed by atoms with Crippen molar-refractivity contribution in [3.63, 3.8) is 0 Å². The third kappa shape index (κ3) is 2.67. The van der Waals surface area contributed by atoms with Crippen molar-refractivity contribution in [1.29, 1.82) is 0 Å². The molecular formula is C15H18F3NO. The first kappa shape index (κ1) is 14.9. The third-order valence-corrected chi connectivity index (χ3v) is 4.12. The number of carbonyl (C=O) groups excluding carboxylic acids is 1. The van der Waals surface area contributed by atoms with Gasteiger partial charge in [0.25, 0.3) is 0 Å². The lowest BCUT2D eigenvalue weighted by molar-refractivity contribution is -0.174. The second-order valence-corrected chi connectivity index (χ2v) is 5.47. The molecule has 1 saturated heterocycles. The van der Waals surface area contributed by atoms with E-state index < -0.39 is 18.1 Å². The molecular weight excluding hydrogens is 267 g/mol. The van der Waals surface area contributed by atoms with Crippen molar-refractivity contribution in [2.75, 3.05) is 4.90 Å². The van der Waals surface area contributed by atoms with Gasteiger partial charge in [-0.3, -0.25) is 4.79 Å². The molecule has 1 fully saturated rings. The van der Waals surface area contributed by atoms with E-state index >= 15 is 0 Å². The zero-order chi connectivity index (χ0) is 15.1. The first-order chi connectivity index (χ1) is 9.21. The van der Waals surface area contributed by atoms with E-state index in [2.05, 4.69) is 0 Å². The van der Waals surface area contributed by atoms with Gasteiger partial charge in [-0.1, -0.05) is 13.0 Å². The largest absolute Gasteiger partial charge is 0.393 e. The fourth-order valence-corrected chi connectivity index (χ4v) is 2.61. The summed E-state index contributed by atoms with van der Waals surface area (Å²) in [6, 6.07) is 4.55. The third-order valence-electron chi connectivity index (χ3n) is 4.12. The van der Waals surface area contributed by atoms with Gasteiger partial charge in [0.1, 0.15) is 0 Å². The van der Waals surface area contributed by atoms with E-state index in [1.54, 1.807) is 12.1 Å². The maximum Gasteiger partial charge on any atom is 0.393 e. The Morgan fingerprint density at radius 2 is 1.90 bits per heavy atom. The Hall–Kier alpha value is -1.52. The molecule has 0 aliphatic carbocycles. The number of carbonyl (C=O) groups is 1. The molecule has 0 radical (unpaired) electrons. The first-order valence-electron chi connectivity index (χ1n) is 6.68. The lowest BCUT2D eigenvalue weighted by Crippen LogP contribution is -2.43. The Balaban J connectivity index is 2.36. The van der Waals surface area contributed by atoms with Gasteiger partial charge in [0.15, 0.2) is 0 Å². The standard InChI is InChI=1S/C15H18F3NO/c1-9-4-5-12(8-10(9)2)19-13(6-7-14(19)20)11(3)15(16,17)18/h4-5,8,11,13H,6-7H2,1-3H3/t11-,13+/m0/s1. The van der Waals surface area contributed by atoms with Crippen LogP contribution in [-0.4, -0.2) is 18.1 Å². The van der Waals surface area contributed by atoms with Gasteiger partial charge in [0.2, 0.25) is 5.91 Å². The van der Waals surface area contributed by atoms with E-state index in [-0.39, 0.29) is 18.7 Å². The van der Waals surface area contributed by atoms with Gasteiger partial charge in [-0.25, -0.2) is 0 Å². The lowest BCUT2D eigenvalue weighted by Gasteiger charge is -2.31. The predicted molar refractivity (Wildman–Crippen MR) is 71.6 cm³/mol. The highest BCUT2D eigenvalue weighted by atomic mass is 19.4. The summed E-state index contributed by atoms with van der Waals surface area (Å²) < 4.78 is 38.8. The minimum atomic E-state index is -4.28. The highest BCUT2D eigenvalue weighted by molar-refractivity contribution is 5.96. The van der Waals surface area contributed by atoms with E-state index in [1.807, 2.05) is 19.9 Å². The Morgan fingerprint density at radius 1 is 1.25 bits per heavy atom. The Kier molecular flexibility index (Phi) is 3.80. The van der Waals surface area contributed by atoms with Crippen LogP contribution < -0.4 is 4.90 Å². The summed E-state index contributed by atoms with van der Waals surface area (Å²) in [5, 5.41) is 0. The van der Waals surface area contributed by atoms with Crippen LogP contribution in [0.5, 0.6) is 0 Å². The molecule has 1 aliphatic rings. The van der Waals surface area contributed by atoms with Crippen LogP contribution in [0.25, 0.3) is 0 Å². The van der Waals surface area contributed by atoms with Crippen molar-refractivity contribution in [1.82, 2.24) is 0 Å². The molecule has 20 heavy (non-hydrogen) atoms. The molecule has 2 nitrogen and oxygen atoms in total. The molecule has 110 valence electrons. The number of halogens is 3. The molecule has 2 rings (SSSR count). The molecule has 1 aliphatic heterocycles. The van der Waals surface area contributed by atoms with Crippen molar-refractivity contribution in [2.45, 2.75) is 45.8 Å². The topological polar surface area (TPSA) is 20.3 Å². The number of benzene rings is 1. The molecule has 1 amide bonds. The lowest BCUT2D eigenvalue weighted by atomic mass is 9.98. The first-order valence-corrected chi connectivity index (χ1v) is 6.68. The van der Waals surface area contributed by atoms with E-state index in [1.165, 1.54) is 4.90 Å². The average Bonchev–Trinajstić information content (AvgIpc) is 2.72. The number of amides is 1. The van der Waals surface area contributed by atoms with Gasteiger partial charge in [-0.15, -0.1) is 0 Å². The number of rotatable bonds is 2. The second-order valence-electron chi connectivity index (χ2n) is 5.47. The SMILES string of the molecule is Cc1ccc(N2C(=O)CC[C@@H]2[C@H](C)C(F)(F)F)cc1C. The zero-order valence-corrected chi connectivity index (χ0v) is 11.8. The van der Waals surface area contributed by atoms with Crippen LogP contribution in [0.15, 0.2) is 18.2 Å². The highest BCUT2D eigenvalue weighted by Crippen LogP contribution is 2.38. The van der Waals surface area contributed by atoms with Crippen LogP contribution in [0.3, 0.4) is 0 Å². The van der Waals surface area contributed by atoms with Crippen LogP contribution >= 0.6 is 0 Å². The number of alkyl halides is 3. The smallest absolute Gasteiger partial charge is 0.309 e. The number of aryl methyl sites for hydroxylation is 2. The molecule has 1 aromatic carbocycles. The highest BCUT2D eigenvalue weighted by Gasteiger charge is 2.47. The number of hydrogen-bond donors (Lipinski definition) is 0. The quantitative estimate of drug-likeness (QED) is 0.804. The molecule has 5 heteroatoms. The summed E-state index contributed by atoms with van der Waals surface area (Å²) in [7, 11) is 0. The molecule has 1 heterocycles. The summed E-state index contributed by atoms with van der Waals surface area (Å²) >= 11 is 0. The molecule has 0 N–H and O–H groups in total. The van der Waals surface area contributed by atoms with Gasteiger partial charge in [0, 0.05) is 18.2 Å². The number of anilines is 1. The normalized spacial score (nSPS) is 21.4. The second kappa shape index (κ2) is 5.11. The molecule has 0 unspecified atom stereocenters. The Bertz CT molecular complexity index is 524. The van der Waals surface area contributed by atoms with Gasteiger partial charge in [-0.2, -0.15) is 13.2 Å². The molecule has 0 saturated carbocycles. The van der Waals surface area contributed by atoms with E-state index in [9.17, 15) is 18.0 Å². The van der Waals surface area contributed by atoms with Crippen molar-refractivity contribution in [3.8, 4) is 0 Å². The van der Waals surface area contributed by atoms with Crippen LogP contribution in [0.2, 0.25) is 0 Å². The summed E-state index contributed by atoms with van der Waals surface area (Å²) in [4.78, 5) is 13.3. The van der Waals surface area contributed by atoms with Crippen LogP contribution in [-0.2, 0) is 4.79 Å². The van der Waals surface area contributed by atoms with Crippen LogP contribution in [0, 0.1) is 19.8 Å². The predicted octanol–water partition coefficient (Wildman–Crippen LogP) is 4.00. The Labute approximate surface area is 116 Å². The zero-order valence-electron chi connectivity index (χ0n) is 11.8.